The Balaban J connectivity index is 2.00. The van der Waals surface area contributed by atoms with Gasteiger partial charge in [-0.3, -0.25) is 9.69 Å². The van der Waals surface area contributed by atoms with E-state index in [1.807, 2.05) is 20.8 Å². The van der Waals surface area contributed by atoms with Gasteiger partial charge < -0.3 is 5.73 Å². The van der Waals surface area contributed by atoms with Gasteiger partial charge in [0.25, 0.3) is 0 Å². The molecule has 2 N–H and O–H groups in total. The molecule has 10 heteroatoms. The fourth-order valence-corrected chi connectivity index (χ4v) is 6.67. The summed E-state index contributed by atoms with van der Waals surface area (Å²) >= 11 is 16.0. The van der Waals surface area contributed by atoms with Crippen molar-refractivity contribution in [2.45, 2.75) is 43.9 Å². The molecule has 2 aliphatic rings. The van der Waals surface area contributed by atoms with Gasteiger partial charge in [0, 0.05) is 33.3 Å². The first-order valence-electron chi connectivity index (χ1n) is 10.0. The standard InChI is InChI=1S/C22H21Cl2N5OS2/c1-4-31-21-28-27-20(32-21)29-14-8-22(2,3)9-15(30)18(14)16(11(10-25)19(29)26)17-12(23)6-5-7-13(17)24/h5-7,16H,4,8-9,26H2,1-3H3. The van der Waals surface area contributed by atoms with Crippen molar-refractivity contribution in [3.8, 4) is 6.07 Å². The number of hydrogen-bond acceptors (Lipinski definition) is 8. The first-order valence-corrected chi connectivity index (χ1v) is 12.6. The number of anilines is 1. The number of aromatic nitrogens is 2. The lowest BCUT2D eigenvalue weighted by Gasteiger charge is -2.42. The average molecular weight is 506 g/mol. The predicted molar refractivity (Wildman–Crippen MR) is 130 cm³/mol. The predicted octanol–water partition coefficient (Wildman–Crippen LogP) is 5.90. The zero-order chi connectivity index (χ0) is 23.2. The number of nitriles is 1. The van der Waals surface area contributed by atoms with E-state index in [0.29, 0.717) is 39.2 Å². The van der Waals surface area contributed by atoms with E-state index in [4.69, 9.17) is 28.9 Å². The van der Waals surface area contributed by atoms with Crippen molar-refractivity contribution >= 4 is 57.2 Å². The molecule has 2 aromatic rings. The summed E-state index contributed by atoms with van der Waals surface area (Å²) in [6, 6.07) is 7.37. The number of nitrogens with two attached hydrogens (primary N) is 1. The Morgan fingerprint density at radius 2 is 2.00 bits per heavy atom. The Labute approximate surface area is 205 Å². The summed E-state index contributed by atoms with van der Waals surface area (Å²) in [4.78, 5) is 15.3. The molecule has 1 aliphatic carbocycles. The van der Waals surface area contributed by atoms with Gasteiger partial charge in [-0.1, -0.05) is 73.1 Å². The molecule has 0 spiro atoms. The van der Waals surface area contributed by atoms with Crippen LogP contribution in [0.15, 0.2) is 45.2 Å². The van der Waals surface area contributed by atoms with E-state index in [-0.39, 0.29) is 22.6 Å². The highest BCUT2D eigenvalue weighted by Crippen LogP contribution is 2.52. The molecule has 166 valence electrons. The maximum Gasteiger partial charge on any atom is 0.219 e. The number of rotatable bonds is 4. The van der Waals surface area contributed by atoms with Crippen molar-refractivity contribution < 1.29 is 4.79 Å². The molecule has 0 bridgehead atoms. The number of nitrogens with zero attached hydrogens (tertiary/aromatic N) is 4. The molecular weight excluding hydrogens is 485 g/mol. The van der Waals surface area contributed by atoms with Gasteiger partial charge in [-0.25, -0.2) is 0 Å². The molecule has 6 nitrogen and oxygen atoms in total. The number of carbonyl (C=O) groups excluding carboxylic acids is 1. The summed E-state index contributed by atoms with van der Waals surface area (Å²) in [6.45, 7) is 6.13. The average Bonchev–Trinajstić information content (AvgIpc) is 3.15. The third kappa shape index (κ3) is 3.92. The minimum Gasteiger partial charge on any atom is -0.384 e. The summed E-state index contributed by atoms with van der Waals surface area (Å²) in [7, 11) is 0. The smallest absolute Gasteiger partial charge is 0.219 e. The zero-order valence-corrected chi connectivity index (χ0v) is 20.9. The van der Waals surface area contributed by atoms with Crippen LogP contribution in [0.1, 0.15) is 45.1 Å². The van der Waals surface area contributed by atoms with E-state index >= 15 is 0 Å². The third-order valence-electron chi connectivity index (χ3n) is 5.52. The van der Waals surface area contributed by atoms with Crippen molar-refractivity contribution in [3.63, 3.8) is 0 Å². The summed E-state index contributed by atoms with van der Waals surface area (Å²) in [6.07, 6.45) is 0.936. The monoisotopic (exact) mass is 505 g/mol. The topological polar surface area (TPSA) is 95.9 Å². The van der Waals surface area contributed by atoms with E-state index in [0.717, 1.165) is 15.8 Å². The van der Waals surface area contributed by atoms with Gasteiger partial charge >= 0.3 is 0 Å². The van der Waals surface area contributed by atoms with Crippen molar-refractivity contribution in [2.75, 3.05) is 10.7 Å². The highest BCUT2D eigenvalue weighted by atomic mass is 35.5. The molecule has 32 heavy (non-hydrogen) atoms. The number of benzene rings is 1. The van der Waals surface area contributed by atoms with Gasteiger partial charge in [-0.15, -0.1) is 10.2 Å². The lowest BCUT2D eigenvalue weighted by molar-refractivity contribution is -0.118. The van der Waals surface area contributed by atoms with Crippen LogP contribution in [0.5, 0.6) is 0 Å². The van der Waals surface area contributed by atoms with Gasteiger partial charge in [0.1, 0.15) is 5.82 Å². The largest absolute Gasteiger partial charge is 0.384 e. The van der Waals surface area contributed by atoms with Crippen LogP contribution in [-0.4, -0.2) is 21.7 Å². The van der Waals surface area contributed by atoms with Crippen LogP contribution in [-0.2, 0) is 4.79 Å². The molecule has 1 aromatic carbocycles. The summed E-state index contributed by atoms with van der Waals surface area (Å²) in [5.41, 5.74) is 8.31. The highest BCUT2D eigenvalue weighted by Gasteiger charge is 2.46. The number of hydrogen-bond donors (Lipinski definition) is 1. The Bertz CT molecular complexity index is 1190. The number of halogens is 2. The van der Waals surface area contributed by atoms with E-state index < -0.39 is 5.92 Å². The summed E-state index contributed by atoms with van der Waals surface area (Å²) in [5.74, 6) is 0.307. The number of ketones is 1. The maximum atomic E-state index is 13.5. The summed E-state index contributed by atoms with van der Waals surface area (Å²) < 4.78 is 0.800. The molecule has 0 amide bonds. The molecule has 0 fully saturated rings. The van der Waals surface area contributed by atoms with E-state index in [2.05, 4.69) is 16.3 Å². The second-order valence-corrected chi connectivity index (χ2v) is 11.7. The van der Waals surface area contributed by atoms with Crippen LogP contribution < -0.4 is 10.6 Å². The second kappa shape index (κ2) is 8.71. The van der Waals surface area contributed by atoms with Crippen LogP contribution in [0, 0.1) is 16.7 Å². The van der Waals surface area contributed by atoms with E-state index in [1.165, 1.54) is 11.3 Å². The quantitative estimate of drug-likeness (QED) is 0.516. The van der Waals surface area contributed by atoms with Gasteiger partial charge in [-0.2, -0.15) is 5.26 Å². The molecule has 0 radical (unpaired) electrons. The number of carbonyl (C=O) groups is 1. The lowest BCUT2D eigenvalue weighted by atomic mass is 9.68. The molecular formula is C22H21Cl2N5OS2. The Morgan fingerprint density at radius 1 is 1.31 bits per heavy atom. The highest BCUT2D eigenvalue weighted by molar-refractivity contribution is 8.01. The normalized spacial score (nSPS) is 20.4. The van der Waals surface area contributed by atoms with Gasteiger partial charge in [0.15, 0.2) is 10.1 Å². The number of Topliss-reactive ketones (excluding diaryl/α,β-unsaturated/α-hetero) is 1. The Kier molecular flexibility index (Phi) is 6.29. The second-order valence-electron chi connectivity index (χ2n) is 8.40. The fourth-order valence-electron chi connectivity index (χ4n) is 4.28. The van der Waals surface area contributed by atoms with Crippen LogP contribution in [0.3, 0.4) is 0 Å². The minimum absolute atomic E-state index is 0.0461. The first kappa shape index (κ1) is 23.1. The number of allylic oxidation sites excluding steroid dienone is 3. The third-order valence-corrected chi connectivity index (χ3v) is 8.11. The van der Waals surface area contributed by atoms with Crippen molar-refractivity contribution in [1.82, 2.24) is 10.2 Å². The van der Waals surface area contributed by atoms with Crippen molar-refractivity contribution in [2.24, 2.45) is 11.1 Å². The molecule has 1 unspecified atom stereocenters. The molecule has 0 saturated heterocycles. The van der Waals surface area contributed by atoms with Gasteiger partial charge in [-0.05, 0) is 29.7 Å². The molecule has 0 saturated carbocycles. The van der Waals surface area contributed by atoms with Gasteiger partial charge in [0.05, 0.1) is 17.6 Å². The molecule has 4 rings (SSSR count). The van der Waals surface area contributed by atoms with Crippen molar-refractivity contribution in [3.05, 3.63) is 56.5 Å². The van der Waals surface area contributed by atoms with Crippen LogP contribution >= 0.6 is 46.3 Å². The fraction of sp³-hybridized carbons (Fsp3) is 0.364. The molecule has 1 aromatic heterocycles. The van der Waals surface area contributed by atoms with Crippen molar-refractivity contribution in [1.29, 1.82) is 5.26 Å². The number of thioether (sulfide) groups is 1. The lowest BCUT2D eigenvalue weighted by Crippen LogP contribution is -2.42. The summed E-state index contributed by atoms with van der Waals surface area (Å²) in [5, 5.41) is 20.0. The minimum atomic E-state index is -0.728. The molecule has 2 heterocycles. The van der Waals surface area contributed by atoms with Crippen LogP contribution in [0.2, 0.25) is 10.0 Å². The maximum absolute atomic E-state index is 13.5. The Morgan fingerprint density at radius 3 is 2.62 bits per heavy atom. The molecule has 1 aliphatic heterocycles. The zero-order valence-electron chi connectivity index (χ0n) is 17.8. The van der Waals surface area contributed by atoms with Crippen LogP contribution in [0.4, 0.5) is 5.13 Å². The van der Waals surface area contributed by atoms with E-state index in [1.54, 1.807) is 34.9 Å². The van der Waals surface area contributed by atoms with Crippen LogP contribution in [0.25, 0.3) is 0 Å². The Hall–Kier alpha value is -2.05. The first-order chi connectivity index (χ1) is 15.2. The SMILES string of the molecule is CCSc1nnc(N2C(N)=C(C#N)C(c3c(Cl)cccc3Cl)C3=C2CC(C)(C)CC3=O)s1. The van der Waals surface area contributed by atoms with Gasteiger partial charge in [0.2, 0.25) is 5.13 Å². The van der Waals surface area contributed by atoms with E-state index in [9.17, 15) is 10.1 Å². The molecule has 1 atom stereocenters.